The van der Waals surface area contributed by atoms with E-state index in [0.717, 1.165) is 23.1 Å². The average molecular weight is 370 g/mol. The first-order chi connectivity index (χ1) is 12.9. The van der Waals surface area contributed by atoms with Crippen molar-refractivity contribution in [2.24, 2.45) is 0 Å². The number of nitrogens with zero attached hydrogens (tertiary/aromatic N) is 1. The summed E-state index contributed by atoms with van der Waals surface area (Å²) < 4.78 is 13.2. The minimum atomic E-state index is -0.612. The number of halogens is 1. The fourth-order valence-corrected chi connectivity index (χ4v) is 2.86. The lowest BCUT2D eigenvalue weighted by Crippen LogP contribution is -2.48. The van der Waals surface area contributed by atoms with Crippen molar-refractivity contribution in [1.29, 1.82) is 0 Å². The van der Waals surface area contributed by atoms with Gasteiger partial charge in [-0.15, -0.1) is 0 Å². The molecule has 0 aliphatic rings. The van der Waals surface area contributed by atoms with Gasteiger partial charge in [-0.3, -0.25) is 9.59 Å². The van der Waals surface area contributed by atoms with Gasteiger partial charge in [0.15, 0.2) is 0 Å². The normalized spacial score (nSPS) is 11.7. The van der Waals surface area contributed by atoms with Crippen LogP contribution in [0, 0.1) is 12.7 Å². The van der Waals surface area contributed by atoms with E-state index in [1.54, 1.807) is 24.0 Å². The van der Waals surface area contributed by atoms with Gasteiger partial charge in [0.25, 0.3) is 0 Å². The molecule has 27 heavy (non-hydrogen) atoms. The van der Waals surface area contributed by atoms with Gasteiger partial charge >= 0.3 is 0 Å². The van der Waals surface area contributed by atoms with Crippen LogP contribution in [0.15, 0.2) is 48.5 Å². The summed E-state index contributed by atoms with van der Waals surface area (Å²) in [5.74, 6) is -0.647. The lowest BCUT2D eigenvalue weighted by Gasteiger charge is -2.29. The molecule has 0 spiro atoms. The third-order valence-electron chi connectivity index (χ3n) is 4.42. The van der Waals surface area contributed by atoms with Crippen molar-refractivity contribution in [3.63, 3.8) is 0 Å². The van der Waals surface area contributed by atoms with Crippen LogP contribution in [-0.4, -0.2) is 29.3 Å². The third kappa shape index (κ3) is 6.20. The van der Waals surface area contributed by atoms with Crippen LogP contribution in [0.25, 0.3) is 0 Å². The molecule has 2 aromatic carbocycles. The number of amides is 2. The largest absolute Gasteiger partial charge is 0.354 e. The third-order valence-corrected chi connectivity index (χ3v) is 4.42. The summed E-state index contributed by atoms with van der Waals surface area (Å²) in [5, 5.41) is 2.84. The summed E-state index contributed by atoms with van der Waals surface area (Å²) in [5.41, 5.74) is 2.77. The van der Waals surface area contributed by atoms with Crippen molar-refractivity contribution in [1.82, 2.24) is 10.2 Å². The Hall–Kier alpha value is -2.69. The molecule has 0 fully saturated rings. The second-order valence-electron chi connectivity index (χ2n) is 6.78. The van der Waals surface area contributed by atoms with Crippen LogP contribution in [0.1, 0.15) is 37.0 Å². The van der Waals surface area contributed by atoms with Crippen LogP contribution in [0.4, 0.5) is 4.39 Å². The molecule has 0 unspecified atom stereocenters. The van der Waals surface area contributed by atoms with E-state index in [-0.39, 0.29) is 30.6 Å². The molecule has 0 radical (unpaired) electrons. The zero-order valence-electron chi connectivity index (χ0n) is 16.2. The molecule has 2 aromatic rings. The second-order valence-corrected chi connectivity index (χ2v) is 6.78. The summed E-state index contributed by atoms with van der Waals surface area (Å²) >= 11 is 0. The molecule has 0 aliphatic heterocycles. The van der Waals surface area contributed by atoms with Crippen molar-refractivity contribution in [2.45, 2.75) is 46.2 Å². The molecule has 0 aromatic heterocycles. The van der Waals surface area contributed by atoms with Crippen molar-refractivity contribution in [2.75, 3.05) is 6.54 Å². The SMILES string of the molecule is CCCNC(=O)[C@@H](C)N(Cc1ccc(F)cc1)C(=O)Cc1cccc(C)c1. The van der Waals surface area contributed by atoms with Gasteiger partial charge in [0.1, 0.15) is 11.9 Å². The van der Waals surface area contributed by atoms with Gasteiger partial charge in [0.05, 0.1) is 6.42 Å². The summed E-state index contributed by atoms with van der Waals surface area (Å²) in [6.07, 6.45) is 1.04. The Morgan fingerprint density at radius 2 is 1.81 bits per heavy atom. The highest BCUT2D eigenvalue weighted by Crippen LogP contribution is 2.14. The van der Waals surface area contributed by atoms with Crippen molar-refractivity contribution in [3.8, 4) is 0 Å². The fourth-order valence-electron chi connectivity index (χ4n) is 2.86. The number of hydrogen-bond acceptors (Lipinski definition) is 2. The monoisotopic (exact) mass is 370 g/mol. The maximum Gasteiger partial charge on any atom is 0.242 e. The molecule has 1 N–H and O–H groups in total. The minimum Gasteiger partial charge on any atom is -0.354 e. The van der Waals surface area contributed by atoms with E-state index in [0.29, 0.717) is 6.54 Å². The zero-order valence-corrected chi connectivity index (χ0v) is 16.2. The van der Waals surface area contributed by atoms with E-state index in [9.17, 15) is 14.0 Å². The summed E-state index contributed by atoms with van der Waals surface area (Å²) in [7, 11) is 0. The van der Waals surface area contributed by atoms with Crippen molar-refractivity contribution >= 4 is 11.8 Å². The van der Waals surface area contributed by atoms with Gasteiger partial charge in [-0.2, -0.15) is 0 Å². The second kappa shape index (κ2) is 9.86. The number of hydrogen-bond donors (Lipinski definition) is 1. The molecule has 5 heteroatoms. The molecule has 1 atom stereocenters. The number of aryl methyl sites for hydroxylation is 1. The predicted octanol–water partition coefficient (Wildman–Crippen LogP) is 3.62. The van der Waals surface area contributed by atoms with Crippen LogP contribution < -0.4 is 5.32 Å². The van der Waals surface area contributed by atoms with Gasteiger partial charge in [0.2, 0.25) is 11.8 Å². The molecular weight excluding hydrogens is 343 g/mol. The molecule has 2 rings (SSSR count). The Labute approximate surface area is 160 Å². The quantitative estimate of drug-likeness (QED) is 0.772. The van der Waals surface area contributed by atoms with Crippen LogP contribution in [-0.2, 0) is 22.6 Å². The first kappa shape index (κ1) is 20.6. The Morgan fingerprint density at radius 3 is 2.44 bits per heavy atom. The maximum absolute atomic E-state index is 13.2. The molecule has 0 aliphatic carbocycles. The highest BCUT2D eigenvalue weighted by Gasteiger charge is 2.26. The standard InChI is InChI=1S/C22H27FN2O2/c1-4-12-24-22(27)17(3)25(15-18-8-10-20(23)11-9-18)21(26)14-19-7-5-6-16(2)13-19/h5-11,13,17H,4,12,14-15H2,1-3H3,(H,24,27)/t17-/m1/s1. The molecule has 0 bridgehead atoms. The number of nitrogens with one attached hydrogen (secondary N) is 1. The van der Waals surface area contributed by atoms with Crippen LogP contribution >= 0.6 is 0 Å². The Balaban J connectivity index is 2.20. The van der Waals surface area contributed by atoms with Crippen molar-refractivity contribution in [3.05, 3.63) is 71.0 Å². The van der Waals surface area contributed by atoms with Crippen LogP contribution in [0.3, 0.4) is 0 Å². The van der Waals surface area contributed by atoms with E-state index in [1.165, 1.54) is 12.1 Å². The predicted molar refractivity (Wildman–Crippen MR) is 105 cm³/mol. The van der Waals surface area contributed by atoms with Crippen LogP contribution in [0.5, 0.6) is 0 Å². The number of benzene rings is 2. The molecule has 0 saturated carbocycles. The van der Waals surface area contributed by atoms with E-state index < -0.39 is 6.04 Å². The Bertz CT molecular complexity index is 774. The first-order valence-electron chi connectivity index (χ1n) is 9.28. The van der Waals surface area contributed by atoms with Gasteiger partial charge in [0, 0.05) is 13.1 Å². The number of carbonyl (C=O) groups is 2. The molecule has 0 saturated heterocycles. The Morgan fingerprint density at radius 1 is 1.11 bits per heavy atom. The van der Waals surface area contributed by atoms with Crippen molar-refractivity contribution < 1.29 is 14.0 Å². The lowest BCUT2D eigenvalue weighted by molar-refractivity contribution is -0.140. The summed E-state index contributed by atoms with van der Waals surface area (Å²) in [6, 6.07) is 13.2. The molecular formula is C22H27FN2O2. The Kier molecular flexibility index (Phi) is 7.53. The fraction of sp³-hybridized carbons (Fsp3) is 0.364. The van der Waals surface area contributed by atoms with E-state index in [1.807, 2.05) is 38.1 Å². The van der Waals surface area contributed by atoms with Gasteiger partial charge < -0.3 is 10.2 Å². The molecule has 144 valence electrons. The molecule has 0 heterocycles. The van der Waals surface area contributed by atoms with E-state index in [2.05, 4.69) is 5.32 Å². The smallest absolute Gasteiger partial charge is 0.242 e. The lowest BCUT2D eigenvalue weighted by atomic mass is 10.1. The average Bonchev–Trinajstić information content (AvgIpc) is 2.65. The summed E-state index contributed by atoms with van der Waals surface area (Å²) in [4.78, 5) is 27.0. The first-order valence-corrected chi connectivity index (χ1v) is 9.28. The molecule has 2 amide bonds. The molecule has 4 nitrogen and oxygen atoms in total. The topological polar surface area (TPSA) is 49.4 Å². The van der Waals surface area contributed by atoms with E-state index in [4.69, 9.17) is 0 Å². The van der Waals surface area contributed by atoms with Crippen LogP contribution in [0.2, 0.25) is 0 Å². The van der Waals surface area contributed by atoms with Gasteiger partial charge in [-0.05, 0) is 43.5 Å². The number of rotatable bonds is 8. The number of carbonyl (C=O) groups excluding carboxylic acids is 2. The van der Waals surface area contributed by atoms with E-state index >= 15 is 0 Å². The zero-order chi connectivity index (χ0) is 19.8. The maximum atomic E-state index is 13.2. The van der Waals surface area contributed by atoms with Gasteiger partial charge in [-0.1, -0.05) is 48.9 Å². The highest BCUT2D eigenvalue weighted by atomic mass is 19.1. The van der Waals surface area contributed by atoms with Gasteiger partial charge in [-0.25, -0.2) is 4.39 Å². The highest BCUT2D eigenvalue weighted by molar-refractivity contribution is 5.88. The minimum absolute atomic E-state index is 0.135. The summed E-state index contributed by atoms with van der Waals surface area (Å²) in [6.45, 7) is 6.50.